The second-order valence-electron chi connectivity index (χ2n) is 5.61. The van der Waals surface area contributed by atoms with Gasteiger partial charge in [-0.25, -0.2) is 0 Å². The quantitative estimate of drug-likeness (QED) is 0.451. The Hall–Kier alpha value is -1.84. The molecule has 0 fully saturated rings. The molecule has 5 heteroatoms. The molecule has 142 valence electrons. The first-order valence-electron chi connectivity index (χ1n) is 8.50. The highest BCUT2D eigenvalue weighted by atomic mass is 79.9. The molecule has 0 saturated heterocycles. The molecule has 0 unspecified atom stereocenters. The molecule has 0 aliphatic carbocycles. The van der Waals surface area contributed by atoms with Crippen molar-refractivity contribution < 1.29 is 15.0 Å². The molecule has 0 radical (unpaired) electrons. The van der Waals surface area contributed by atoms with E-state index in [0.29, 0.717) is 6.16 Å². The van der Waals surface area contributed by atoms with Crippen LogP contribution < -0.4 is 15.9 Å². The van der Waals surface area contributed by atoms with Gasteiger partial charge < -0.3 is 10.2 Å². The summed E-state index contributed by atoms with van der Waals surface area (Å²) in [5.74, 6) is 0. The average molecular weight is 448 g/mol. The molecule has 0 aliphatic rings. The molecule has 0 aromatic heterocycles. The van der Waals surface area contributed by atoms with Crippen LogP contribution in [-0.2, 0) is 4.79 Å². The molecule has 0 atom stereocenters. The minimum absolute atomic E-state index is 0. The third kappa shape index (κ3) is 5.82. The second kappa shape index (κ2) is 12.5. The van der Waals surface area contributed by atoms with Gasteiger partial charge in [-0.3, -0.25) is 4.79 Å². The van der Waals surface area contributed by atoms with Crippen molar-refractivity contribution in [2.75, 3.05) is 19.4 Å². The molecular weight excluding hydrogens is 423 g/mol. The number of hydrogen-bond acceptors (Lipinski definition) is 3. The van der Waals surface area contributed by atoms with Gasteiger partial charge in [-0.15, -0.1) is 17.0 Å². The van der Waals surface area contributed by atoms with Gasteiger partial charge in [-0.2, -0.15) is 0 Å². The van der Waals surface area contributed by atoms with Gasteiger partial charge in [0.05, 0.1) is 13.2 Å². The Balaban J connectivity index is 0.000000666. The highest BCUT2D eigenvalue weighted by Gasteiger charge is 2.44. The Labute approximate surface area is 171 Å². The predicted octanol–water partition coefficient (Wildman–Crippen LogP) is 2.73. The lowest BCUT2D eigenvalue weighted by Crippen LogP contribution is -2.33. The summed E-state index contributed by atoms with van der Waals surface area (Å²) in [4.78, 5) is 11.6. The lowest BCUT2D eigenvalue weighted by Gasteiger charge is -2.25. The van der Waals surface area contributed by atoms with Crippen molar-refractivity contribution in [2.45, 2.75) is 0 Å². The first-order valence-corrected chi connectivity index (χ1v) is 10.5. The highest BCUT2D eigenvalue weighted by molar-refractivity contribution is 8.93. The third-order valence-electron chi connectivity index (χ3n) is 4.04. The van der Waals surface area contributed by atoms with E-state index in [9.17, 15) is 4.79 Å². The SMILES string of the molecule is Br.O=CC[P+](c1ccccc1)(c1ccccc1)c1ccccc1.OCCO. The van der Waals surface area contributed by atoms with E-state index >= 15 is 0 Å². The predicted molar refractivity (Wildman–Crippen MR) is 121 cm³/mol. The summed E-state index contributed by atoms with van der Waals surface area (Å²) in [6.45, 7) is -0.250. The van der Waals surface area contributed by atoms with E-state index in [1.165, 1.54) is 15.9 Å². The van der Waals surface area contributed by atoms with E-state index in [1.54, 1.807) is 0 Å². The summed E-state index contributed by atoms with van der Waals surface area (Å²) in [7, 11) is -1.92. The van der Waals surface area contributed by atoms with Crippen LogP contribution in [0, 0.1) is 0 Å². The van der Waals surface area contributed by atoms with E-state index in [2.05, 4.69) is 72.8 Å². The zero-order chi connectivity index (χ0) is 18.7. The summed E-state index contributed by atoms with van der Waals surface area (Å²) >= 11 is 0. The minimum Gasteiger partial charge on any atom is -0.394 e. The number of carbonyl (C=O) groups is 1. The largest absolute Gasteiger partial charge is 0.394 e. The maximum Gasteiger partial charge on any atom is 0.158 e. The molecule has 3 aromatic rings. The zero-order valence-corrected chi connectivity index (χ0v) is 17.6. The highest BCUT2D eigenvalue weighted by Crippen LogP contribution is 2.54. The monoisotopic (exact) mass is 447 g/mol. The van der Waals surface area contributed by atoms with E-state index in [1.807, 2.05) is 18.2 Å². The summed E-state index contributed by atoms with van der Waals surface area (Å²) in [5.41, 5.74) is 0. The molecule has 0 spiro atoms. The van der Waals surface area contributed by atoms with Crippen LogP contribution >= 0.6 is 24.2 Å². The molecule has 3 aromatic carbocycles. The normalized spacial score (nSPS) is 10.1. The second-order valence-corrected chi connectivity index (χ2v) is 9.15. The summed E-state index contributed by atoms with van der Waals surface area (Å²) in [5, 5.41) is 19.0. The van der Waals surface area contributed by atoms with Gasteiger partial charge in [-0.1, -0.05) is 54.6 Å². The standard InChI is InChI=1S/C20H18OP.C2H6O2.BrH/c21-16-17-22(18-10-4-1-5-11-18,19-12-6-2-7-13-19)20-14-8-3-9-15-20;3-1-2-4;/h1-16H,17H2;3-4H,1-2H2;1H/q+1;;. The van der Waals surface area contributed by atoms with Crippen LogP contribution in [-0.4, -0.2) is 35.9 Å². The Morgan fingerprint density at radius 3 is 1.15 bits per heavy atom. The lowest BCUT2D eigenvalue weighted by atomic mass is 10.4. The summed E-state index contributed by atoms with van der Waals surface area (Å²) in [6, 6.07) is 31.3. The smallest absolute Gasteiger partial charge is 0.158 e. The third-order valence-corrected chi connectivity index (χ3v) is 8.28. The van der Waals surface area contributed by atoms with Gasteiger partial charge in [0, 0.05) is 0 Å². The van der Waals surface area contributed by atoms with E-state index in [-0.39, 0.29) is 30.2 Å². The molecule has 3 rings (SSSR count). The number of benzene rings is 3. The summed E-state index contributed by atoms with van der Waals surface area (Å²) < 4.78 is 0. The van der Waals surface area contributed by atoms with Gasteiger partial charge >= 0.3 is 0 Å². The average Bonchev–Trinajstić information content (AvgIpc) is 2.74. The van der Waals surface area contributed by atoms with Crippen LogP contribution in [0.1, 0.15) is 0 Å². The molecule has 27 heavy (non-hydrogen) atoms. The molecule has 0 heterocycles. The van der Waals surface area contributed by atoms with Crippen molar-refractivity contribution in [3.63, 3.8) is 0 Å². The molecule has 0 aliphatic heterocycles. The summed E-state index contributed by atoms with van der Waals surface area (Å²) in [6.07, 6.45) is 1.60. The number of aliphatic hydroxyl groups excluding tert-OH is 2. The molecule has 2 N–H and O–H groups in total. The molecule has 3 nitrogen and oxygen atoms in total. The fourth-order valence-corrected chi connectivity index (χ4v) is 6.72. The number of carbonyl (C=O) groups excluding carboxylic acids is 1. The van der Waals surface area contributed by atoms with Crippen molar-refractivity contribution >= 4 is 46.4 Å². The van der Waals surface area contributed by atoms with Gasteiger partial charge in [0.15, 0.2) is 6.29 Å². The van der Waals surface area contributed by atoms with E-state index < -0.39 is 7.26 Å². The number of rotatable bonds is 6. The van der Waals surface area contributed by atoms with Crippen molar-refractivity contribution in [1.82, 2.24) is 0 Å². The topological polar surface area (TPSA) is 57.5 Å². The number of aldehydes is 1. The fraction of sp³-hybridized carbons (Fsp3) is 0.136. The molecular formula is C22H25BrO3P+. The van der Waals surface area contributed by atoms with Crippen LogP contribution in [0.3, 0.4) is 0 Å². The van der Waals surface area contributed by atoms with Crippen LogP contribution in [0.4, 0.5) is 0 Å². The number of aliphatic hydroxyl groups is 2. The Bertz CT molecular complexity index is 669. The first-order chi connectivity index (χ1) is 12.8. The first kappa shape index (κ1) is 23.2. The van der Waals surface area contributed by atoms with E-state index in [4.69, 9.17) is 10.2 Å². The van der Waals surface area contributed by atoms with Crippen LogP contribution in [0.5, 0.6) is 0 Å². The minimum atomic E-state index is -1.92. The molecule has 0 amide bonds. The van der Waals surface area contributed by atoms with Crippen molar-refractivity contribution in [2.24, 2.45) is 0 Å². The molecule has 0 bridgehead atoms. The Morgan fingerprint density at radius 2 is 0.926 bits per heavy atom. The van der Waals surface area contributed by atoms with Gasteiger partial charge in [0.2, 0.25) is 0 Å². The Morgan fingerprint density at radius 1 is 0.630 bits per heavy atom. The van der Waals surface area contributed by atoms with E-state index in [0.717, 1.165) is 6.29 Å². The maximum absolute atomic E-state index is 11.6. The van der Waals surface area contributed by atoms with Crippen molar-refractivity contribution in [3.8, 4) is 0 Å². The van der Waals surface area contributed by atoms with Crippen LogP contribution in [0.25, 0.3) is 0 Å². The Kier molecular flexibility index (Phi) is 10.8. The van der Waals surface area contributed by atoms with Crippen LogP contribution in [0.15, 0.2) is 91.0 Å². The zero-order valence-electron chi connectivity index (χ0n) is 15.0. The van der Waals surface area contributed by atoms with Gasteiger partial charge in [0.25, 0.3) is 0 Å². The number of halogens is 1. The maximum atomic E-state index is 11.6. The van der Waals surface area contributed by atoms with Crippen molar-refractivity contribution in [1.29, 1.82) is 0 Å². The lowest BCUT2D eigenvalue weighted by molar-refractivity contribution is -0.105. The van der Waals surface area contributed by atoms with Crippen LogP contribution in [0.2, 0.25) is 0 Å². The number of hydrogen-bond donors (Lipinski definition) is 2. The van der Waals surface area contributed by atoms with Gasteiger partial charge in [0.1, 0.15) is 29.3 Å². The fourth-order valence-electron chi connectivity index (χ4n) is 2.92. The van der Waals surface area contributed by atoms with Crippen molar-refractivity contribution in [3.05, 3.63) is 91.0 Å². The van der Waals surface area contributed by atoms with Gasteiger partial charge in [-0.05, 0) is 36.4 Å². The molecule has 0 saturated carbocycles.